The lowest BCUT2D eigenvalue weighted by molar-refractivity contribution is -0.137. The van der Waals surface area contributed by atoms with Crippen LogP contribution in [0.2, 0.25) is 0 Å². The minimum absolute atomic E-state index is 0.0436. The number of rotatable bonds is 7. The molecule has 1 spiro atoms. The van der Waals surface area contributed by atoms with Crippen molar-refractivity contribution in [1.82, 2.24) is 20.1 Å². The Kier molecular flexibility index (Phi) is 7.35. The lowest BCUT2D eigenvalue weighted by atomic mass is 9.85. The number of halogens is 1. The van der Waals surface area contributed by atoms with Crippen molar-refractivity contribution in [2.75, 3.05) is 37.7 Å². The van der Waals surface area contributed by atoms with Gasteiger partial charge < -0.3 is 20.0 Å². The highest BCUT2D eigenvalue weighted by Crippen LogP contribution is 2.39. The maximum absolute atomic E-state index is 13.8. The second-order valence-electron chi connectivity index (χ2n) is 9.66. The summed E-state index contributed by atoms with van der Waals surface area (Å²) in [6, 6.07) is 21.0. The molecule has 0 aliphatic carbocycles. The van der Waals surface area contributed by atoms with Gasteiger partial charge in [-0.1, -0.05) is 30.3 Å². The Morgan fingerprint density at radius 2 is 1.74 bits per heavy atom. The number of para-hydroxylation sites is 1. The van der Waals surface area contributed by atoms with E-state index < -0.39 is 11.4 Å². The van der Waals surface area contributed by atoms with Crippen LogP contribution in [0.15, 0.2) is 79.0 Å². The standard InChI is InChI=1S/C29H30FN5O3/c30-23-8-6-7-22(19-23)27(37)33-17-13-29(14-18-33)28(38)34(21-35(29)25-10-2-1-3-11-25)20-26(36)32-16-12-24-9-4-5-15-31-24/h1-11,15,19H,12-14,16-18,20-21H2,(H,32,36). The summed E-state index contributed by atoms with van der Waals surface area (Å²) >= 11 is 0. The number of piperidine rings is 1. The molecule has 3 heterocycles. The molecule has 0 saturated carbocycles. The average molecular weight is 516 g/mol. The van der Waals surface area contributed by atoms with Crippen molar-refractivity contribution in [2.45, 2.75) is 24.8 Å². The fourth-order valence-electron chi connectivity index (χ4n) is 5.31. The number of carbonyl (C=O) groups is 3. The molecule has 0 atom stereocenters. The summed E-state index contributed by atoms with van der Waals surface area (Å²) in [5, 5.41) is 2.89. The number of carbonyl (C=O) groups excluding carboxylic acids is 3. The van der Waals surface area contributed by atoms with Gasteiger partial charge in [-0.3, -0.25) is 19.4 Å². The number of likely N-dealkylation sites (tertiary alicyclic amines) is 1. The lowest BCUT2D eigenvalue weighted by Crippen LogP contribution is -2.57. The van der Waals surface area contributed by atoms with Gasteiger partial charge in [-0.05, 0) is 55.3 Å². The summed E-state index contributed by atoms with van der Waals surface area (Å²) in [5.74, 6) is -1.04. The molecule has 1 aromatic heterocycles. The van der Waals surface area contributed by atoms with Gasteiger partial charge in [-0.2, -0.15) is 0 Å². The van der Waals surface area contributed by atoms with Gasteiger partial charge >= 0.3 is 0 Å². The molecule has 0 radical (unpaired) electrons. The molecule has 2 aliphatic rings. The molecule has 2 aliphatic heterocycles. The Balaban J connectivity index is 1.27. The number of nitrogens with zero attached hydrogens (tertiary/aromatic N) is 4. The van der Waals surface area contributed by atoms with E-state index in [9.17, 15) is 18.8 Å². The molecule has 2 fully saturated rings. The Bertz CT molecular complexity index is 1300. The smallest absolute Gasteiger partial charge is 0.253 e. The Labute approximate surface area is 221 Å². The van der Waals surface area contributed by atoms with Gasteiger partial charge in [-0.15, -0.1) is 0 Å². The van der Waals surface area contributed by atoms with Crippen molar-refractivity contribution >= 4 is 23.4 Å². The molecule has 0 bridgehead atoms. The number of anilines is 1. The van der Waals surface area contributed by atoms with Crippen molar-refractivity contribution in [2.24, 2.45) is 0 Å². The van der Waals surface area contributed by atoms with Crippen LogP contribution in [0, 0.1) is 5.82 Å². The second-order valence-corrected chi connectivity index (χ2v) is 9.66. The molecular weight excluding hydrogens is 485 g/mol. The number of nitrogens with one attached hydrogen (secondary N) is 1. The highest BCUT2D eigenvalue weighted by atomic mass is 19.1. The van der Waals surface area contributed by atoms with E-state index in [2.05, 4.69) is 15.2 Å². The number of hydrogen-bond acceptors (Lipinski definition) is 5. The molecule has 38 heavy (non-hydrogen) atoms. The predicted molar refractivity (Wildman–Crippen MR) is 141 cm³/mol. The van der Waals surface area contributed by atoms with E-state index in [1.165, 1.54) is 18.2 Å². The van der Waals surface area contributed by atoms with Crippen LogP contribution in [0.3, 0.4) is 0 Å². The Morgan fingerprint density at radius 1 is 0.974 bits per heavy atom. The van der Waals surface area contributed by atoms with Crippen LogP contribution in [-0.2, 0) is 16.0 Å². The Hall–Kier alpha value is -4.27. The summed E-state index contributed by atoms with van der Waals surface area (Å²) in [5.41, 5.74) is 1.22. The minimum atomic E-state index is -0.853. The number of aromatic nitrogens is 1. The van der Waals surface area contributed by atoms with Crippen LogP contribution >= 0.6 is 0 Å². The van der Waals surface area contributed by atoms with E-state index in [1.807, 2.05) is 48.5 Å². The molecular formula is C29H30FN5O3. The molecule has 3 aromatic rings. The zero-order valence-corrected chi connectivity index (χ0v) is 21.1. The maximum atomic E-state index is 13.8. The van der Waals surface area contributed by atoms with Crippen LogP contribution in [0.1, 0.15) is 28.9 Å². The van der Waals surface area contributed by atoms with E-state index in [1.54, 1.807) is 22.1 Å². The van der Waals surface area contributed by atoms with Gasteiger partial charge in [0.05, 0.1) is 6.67 Å². The average Bonchev–Trinajstić information content (AvgIpc) is 3.20. The van der Waals surface area contributed by atoms with E-state index >= 15 is 0 Å². The van der Waals surface area contributed by atoms with Gasteiger partial charge in [0.1, 0.15) is 17.9 Å². The van der Waals surface area contributed by atoms with Crippen molar-refractivity contribution in [1.29, 1.82) is 0 Å². The summed E-state index contributed by atoms with van der Waals surface area (Å²) < 4.78 is 13.7. The predicted octanol–water partition coefficient (Wildman–Crippen LogP) is 2.86. The minimum Gasteiger partial charge on any atom is -0.354 e. The maximum Gasteiger partial charge on any atom is 0.253 e. The molecule has 5 rings (SSSR count). The van der Waals surface area contributed by atoms with Crippen LogP contribution < -0.4 is 10.2 Å². The van der Waals surface area contributed by atoms with Gasteiger partial charge in [-0.25, -0.2) is 4.39 Å². The number of pyridine rings is 1. The lowest BCUT2D eigenvalue weighted by Gasteiger charge is -2.43. The quantitative estimate of drug-likeness (QED) is 0.523. The molecule has 2 saturated heterocycles. The molecule has 3 amide bonds. The monoisotopic (exact) mass is 515 g/mol. The highest BCUT2D eigenvalue weighted by Gasteiger charge is 2.54. The third-order valence-electron chi connectivity index (χ3n) is 7.30. The molecule has 2 aromatic carbocycles. The fourth-order valence-corrected chi connectivity index (χ4v) is 5.31. The second kappa shape index (κ2) is 11.0. The first-order chi connectivity index (χ1) is 18.5. The highest BCUT2D eigenvalue weighted by molar-refractivity contribution is 5.97. The van der Waals surface area contributed by atoms with Gasteiger partial charge in [0.25, 0.3) is 11.8 Å². The first-order valence-corrected chi connectivity index (χ1v) is 12.8. The summed E-state index contributed by atoms with van der Waals surface area (Å²) in [7, 11) is 0. The van der Waals surface area contributed by atoms with Crippen molar-refractivity contribution in [3.63, 3.8) is 0 Å². The Morgan fingerprint density at radius 3 is 2.45 bits per heavy atom. The van der Waals surface area contributed by atoms with Gasteiger partial charge in [0.15, 0.2) is 0 Å². The first kappa shape index (κ1) is 25.4. The van der Waals surface area contributed by atoms with E-state index in [-0.39, 0.29) is 30.9 Å². The third-order valence-corrected chi connectivity index (χ3v) is 7.30. The van der Waals surface area contributed by atoms with Gasteiger partial charge in [0.2, 0.25) is 5.91 Å². The van der Waals surface area contributed by atoms with Crippen LogP contribution in [0.4, 0.5) is 10.1 Å². The molecule has 1 N–H and O–H groups in total. The van der Waals surface area contributed by atoms with E-state index in [0.717, 1.165) is 11.4 Å². The topological polar surface area (TPSA) is 85.9 Å². The van der Waals surface area contributed by atoms with Crippen LogP contribution in [0.5, 0.6) is 0 Å². The zero-order valence-electron chi connectivity index (χ0n) is 21.1. The molecule has 8 nitrogen and oxygen atoms in total. The van der Waals surface area contributed by atoms with Crippen molar-refractivity contribution in [3.05, 3.63) is 96.1 Å². The summed E-state index contributed by atoms with van der Waals surface area (Å²) in [4.78, 5) is 49.2. The third kappa shape index (κ3) is 5.22. The van der Waals surface area contributed by atoms with E-state index in [4.69, 9.17) is 0 Å². The number of hydrogen-bond donors (Lipinski definition) is 1. The number of benzene rings is 2. The van der Waals surface area contributed by atoms with Crippen molar-refractivity contribution < 1.29 is 18.8 Å². The number of amides is 3. The van der Waals surface area contributed by atoms with Gasteiger partial charge in [0, 0.05) is 49.2 Å². The first-order valence-electron chi connectivity index (χ1n) is 12.8. The zero-order chi connectivity index (χ0) is 26.5. The SMILES string of the molecule is O=C(CN1CN(c2ccccc2)C2(CCN(C(=O)c3cccc(F)c3)CC2)C1=O)NCCc1ccccn1. The summed E-state index contributed by atoms with van der Waals surface area (Å²) in [6.07, 6.45) is 3.16. The fraction of sp³-hybridized carbons (Fsp3) is 0.310. The molecule has 196 valence electrons. The van der Waals surface area contributed by atoms with E-state index in [0.29, 0.717) is 44.5 Å². The van der Waals surface area contributed by atoms with Crippen molar-refractivity contribution in [3.8, 4) is 0 Å². The van der Waals surface area contributed by atoms with Crippen LogP contribution in [-0.4, -0.2) is 70.9 Å². The molecule has 0 unspecified atom stereocenters. The summed E-state index contributed by atoms with van der Waals surface area (Å²) in [6.45, 7) is 1.39. The normalized spacial score (nSPS) is 16.7. The van der Waals surface area contributed by atoms with Crippen LogP contribution in [0.25, 0.3) is 0 Å². The molecule has 9 heteroatoms. The largest absolute Gasteiger partial charge is 0.354 e.